The molecule has 0 spiro atoms. The van der Waals surface area contributed by atoms with E-state index in [9.17, 15) is 0 Å². The first-order valence-electron chi connectivity index (χ1n) is 12.5. The third-order valence-electron chi connectivity index (χ3n) is 7.26. The summed E-state index contributed by atoms with van der Waals surface area (Å²) in [4.78, 5) is 10.0. The Labute approximate surface area is 189 Å². The van der Waals surface area contributed by atoms with Crippen LogP contribution in [-0.4, -0.2) is 106 Å². The average molecular weight is 430 g/mol. The maximum Gasteiger partial charge on any atom is 0.0605 e. The number of nitrogens with one attached hydrogen (secondary N) is 1. The molecular formula is C25H43N5O. The summed E-state index contributed by atoms with van der Waals surface area (Å²) in [5.41, 5.74) is 2.74. The molecule has 4 rings (SSSR count). The van der Waals surface area contributed by atoms with Gasteiger partial charge in [0.05, 0.1) is 12.7 Å². The van der Waals surface area contributed by atoms with E-state index in [1.165, 1.54) is 50.4 Å². The molecule has 0 radical (unpaired) electrons. The Bertz CT molecular complexity index is 632. The van der Waals surface area contributed by atoms with E-state index in [0.717, 1.165) is 58.7 Å². The predicted octanol–water partition coefficient (Wildman–Crippen LogP) is 2.10. The number of hydrogen-bond donors (Lipinski definition) is 1. The van der Waals surface area contributed by atoms with Crippen LogP contribution in [0.15, 0.2) is 24.3 Å². The Balaban J connectivity index is 1.05. The van der Waals surface area contributed by atoms with Gasteiger partial charge in [0.2, 0.25) is 0 Å². The van der Waals surface area contributed by atoms with E-state index < -0.39 is 0 Å². The maximum absolute atomic E-state index is 6.12. The Morgan fingerprint density at radius 1 is 0.871 bits per heavy atom. The number of ether oxygens (including phenoxy) is 1. The fourth-order valence-corrected chi connectivity index (χ4v) is 4.92. The number of rotatable bonds is 10. The molecule has 1 aromatic carbocycles. The summed E-state index contributed by atoms with van der Waals surface area (Å²) < 4.78 is 6.12. The van der Waals surface area contributed by atoms with Crippen molar-refractivity contribution >= 4 is 5.69 Å². The SMILES string of the molecule is CCCN1CCN(CCOC2CC(NCc3ccc(N4CCN(C)CC4)cc3)C2)CC1. The highest BCUT2D eigenvalue weighted by atomic mass is 16.5. The van der Waals surface area contributed by atoms with Crippen LogP contribution in [0.25, 0.3) is 0 Å². The van der Waals surface area contributed by atoms with Gasteiger partial charge in [0.1, 0.15) is 0 Å². The third kappa shape index (κ3) is 6.90. The molecule has 0 atom stereocenters. The summed E-state index contributed by atoms with van der Waals surface area (Å²) in [5, 5.41) is 3.71. The lowest BCUT2D eigenvalue weighted by Gasteiger charge is -2.37. The van der Waals surface area contributed by atoms with Crippen LogP contribution in [0.3, 0.4) is 0 Å². The lowest BCUT2D eigenvalue weighted by molar-refractivity contribution is -0.0280. The van der Waals surface area contributed by atoms with Crippen molar-refractivity contribution in [3.63, 3.8) is 0 Å². The van der Waals surface area contributed by atoms with Crippen LogP contribution in [0.5, 0.6) is 0 Å². The van der Waals surface area contributed by atoms with Crippen molar-refractivity contribution in [2.45, 2.75) is 44.9 Å². The summed E-state index contributed by atoms with van der Waals surface area (Å²) in [6.45, 7) is 15.9. The van der Waals surface area contributed by atoms with E-state index in [4.69, 9.17) is 4.74 Å². The second kappa shape index (κ2) is 11.6. The summed E-state index contributed by atoms with van der Waals surface area (Å²) >= 11 is 0. The monoisotopic (exact) mass is 429 g/mol. The molecule has 1 saturated carbocycles. The molecule has 0 bridgehead atoms. The second-order valence-electron chi connectivity index (χ2n) is 9.68. The first kappa shape index (κ1) is 23.0. The number of likely N-dealkylation sites (N-methyl/N-ethyl adjacent to an activating group) is 1. The normalized spacial score (nSPS) is 26.2. The number of anilines is 1. The Morgan fingerprint density at radius 2 is 1.52 bits per heavy atom. The van der Waals surface area contributed by atoms with Crippen LogP contribution in [0.1, 0.15) is 31.7 Å². The quantitative estimate of drug-likeness (QED) is 0.614. The molecule has 1 aromatic rings. The van der Waals surface area contributed by atoms with Crippen molar-refractivity contribution < 1.29 is 4.74 Å². The summed E-state index contributed by atoms with van der Waals surface area (Å²) in [7, 11) is 2.21. The van der Waals surface area contributed by atoms with Gasteiger partial charge in [-0.25, -0.2) is 0 Å². The lowest BCUT2D eigenvalue weighted by atomic mass is 9.89. The largest absolute Gasteiger partial charge is 0.377 e. The van der Waals surface area contributed by atoms with Crippen LogP contribution < -0.4 is 10.2 Å². The molecule has 31 heavy (non-hydrogen) atoms. The Morgan fingerprint density at radius 3 is 2.16 bits per heavy atom. The molecule has 3 aliphatic rings. The van der Waals surface area contributed by atoms with Crippen LogP contribution in [-0.2, 0) is 11.3 Å². The van der Waals surface area contributed by atoms with Crippen molar-refractivity contribution in [1.29, 1.82) is 0 Å². The molecular weight excluding hydrogens is 386 g/mol. The van der Waals surface area contributed by atoms with Gasteiger partial charge in [-0.05, 0) is 50.6 Å². The zero-order chi connectivity index (χ0) is 21.5. The highest BCUT2D eigenvalue weighted by molar-refractivity contribution is 5.48. The molecule has 0 amide bonds. The number of piperazine rings is 2. The minimum Gasteiger partial charge on any atom is -0.377 e. The highest BCUT2D eigenvalue weighted by Crippen LogP contribution is 2.24. The average Bonchev–Trinajstić information content (AvgIpc) is 2.77. The fourth-order valence-electron chi connectivity index (χ4n) is 4.92. The molecule has 0 aromatic heterocycles. The molecule has 2 heterocycles. The summed E-state index contributed by atoms with van der Waals surface area (Å²) in [6.07, 6.45) is 4.04. The van der Waals surface area contributed by atoms with E-state index in [1.54, 1.807) is 0 Å². The second-order valence-corrected chi connectivity index (χ2v) is 9.68. The minimum atomic E-state index is 0.457. The van der Waals surface area contributed by atoms with Gasteiger partial charge in [-0.1, -0.05) is 19.1 Å². The van der Waals surface area contributed by atoms with Crippen molar-refractivity contribution in [1.82, 2.24) is 20.0 Å². The van der Waals surface area contributed by atoms with Crippen LogP contribution in [0.4, 0.5) is 5.69 Å². The third-order valence-corrected chi connectivity index (χ3v) is 7.26. The predicted molar refractivity (Wildman–Crippen MR) is 129 cm³/mol. The zero-order valence-electron chi connectivity index (χ0n) is 19.8. The van der Waals surface area contributed by atoms with Crippen LogP contribution in [0, 0.1) is 0 Å². The lowest BCUT2D eigenvalue weighted by Crippen LogP contribution is -2.48. The molecule has 1 aliphatic carbocycles. The van der Waals surface area contributed by atoms with E-state index in [-0.39, 0.29) is 0 Å². The van der Waals surface area contributed by atoms with E-state index >= 15 is 0 Å². The number of nitrogens with zero attached hydrogens (tertiary/aromatic N) is 4. The van der Waals surface area contributed by atoms with Gasteiger partial charge < -0.3 is 24.8 Å². The first-order chi connectivity index (χ1) is 15.2. The van der Waals surface area contributed by atoms with Gasteiger partial charge in [-0.2, -0.15) is 0 Å². The Hall–Kier alpha value is -1.18. The standard InChI is InChI=1S/C25H43N5O/c1-3-8-28-11-13-29(14-12-28)17-18-31-25-19-23(20-25)26-21-22-4-6-24(7-5-22)30-15-9-27(2)10-16-30/h4-7,23,25-26H,3,8-21H2,1-2H3. The van der Waals surface area contributed by atoms with E-state index in [1.807, 2.05) is 0 Å². The van der Waals surface area contributed by atoms with Gasteiger partial charge in [-0.3, -0.25) is 4.90 Å². The maximum atomic E-state index is 6.12. The van der Waals surface area contributed by atoms with Gasteiger partial charge in [0.15, 0.2) is 0 Å². The Kier molecular flexibility index (Phi) is 8.62. The first-order valence-corrected chi connectivity index (χ1v) is 12.5. The minimum absolute atomic E-state index is 0.457. The van der Waals surface area contributed by atoms with Crippen LogP contribution >= 0.6 is 0 Å². The molecule has 174 valence electrons. The summed E-state index contributed by atoms with van der Waals surface area (Å²) in [6, 6.07) is 9.76. The molecule has 3 fully saturated rings. The van der Waals surface area contributed by atoms with Crippen molar-refractivity contribution in [3.05, 3.63) is 29.8 Å². The number of benzene rings is 1. The van der Waals surface area contributed by atoms with E-state index in [2.05, 4.69) is 63.2 Å². The molecule has 2 aliphatic heterocycles. The van der Waals surface area contributed by atoms with Gasteiger partial charge >= 0.3 is 0 Å². The smallest absolute Gasteiger partial charge is 0.0605 e. The number of hydrogen-bond acceptors (Lipinski definition) is 6. The molecule has 6 heteroatoms. The zero-order valence-corrected chi connectivity index (χ0v) is 19.8. The molecule has 0 unspecified atom stereocenters. The van der Waals surface area contributed by atoms with Crippen LogP contribution in [0.2, 0.25) is 0 Å². The molecule has 1 N–H and O–H groups in total. The van der Waals surface area contributed by atoms with Gasteiger partial charge in [-0.15, -0.1) is 0 Å². The van der Waals surface area contributed by atoms with E-state index in [0.29, 0.717) is 12.1 Å². The van der Waals surface area contributed by atoms with Crippen molar-refractivity contribution in [2.24, 2.45) is 0 Å². The molecule has 6 nitrogen and oxygen atoms in total. The summed E-state index contributed by atoms with van der Waals surface area (Å²) in [5.74, 6) is 0. The molecule has 2 saturated heterocycles. The van der Waals surface area contributed by atoms with Gasteiger partial charge in [0.25, 0.3) is 0 Å². The van der Waals surface area contributed by atoms with Gasteiger partial charge in [0, 0.05) is 77.2 Å². The van der Waals surface area contributed by atoms with Crippen molar-refractivity contribution in [3.8, 4) is 0 Å². The fraction of sp³-hybridized carbons (Fsp3) is 0.760. The highest BCUT2D eigenvalue weighted by Gasteiger charge is 2.29. The van der Waals surface area contributed by atoms with Crippen molar-refractivity contribution in [2.75, 3.05) is 84.0 Å². The topological polar surface area (TPSA) is 34.2 Å².